The fourth-order valence-corrected chi connectivity index (χ4v) is 3.04. The number of aromatic nitrogens is 1. The Balaban J connectivity index is 1.57. The van der Waals surface area contributed by atoms with Crippen molar-refractivity contribution in [3.8, 4) is 5.75 Å². The summed E-state index contributed by atoms with van der Waals surface area (Å²) in [5.41, 5.74) is 2.27. The van der Waals surface area contributed by atoms with E-state index in [9.17, 15) is 4.79 Å². The molecule has 0 atom stereocenters. The highest BCUT2D eigenvalue weighted by Gasteiger charge is 2.23. The topological polar surface area (TPSA) is 58.1 Å². The van der Waals surface area contributed by atoms with Gasteiger partial charge < -0.3 is 9.57 Å². The van der Waals surface area contributed by atoms with Gasteiger partial charge in [-0.3, -0.25) is 9.88 Å². The Labute approximate surface area is 159 Å². The largest absolute Gasteiger partial charge is 0.497 e. The third-order valence-electron chi connectivity index (χ3n) is 4.49. The normalized spacial score (nSPS) is 15.3. The molecule has 1 fully saturated rings. The SMILES string of the molecule is COc1ccc(CN(OC=C=O)N2CCN(Cc3cccnc3)CC2)cc1. The highest BCUT2D eigenvalue weighted by Crippen LogP contribution is 2.16. The molecule has 1 aromatic carbocycles. The molecule has 1 saturated heterocycles. The lowest BCUT2D eigenvalue weighted by molar-refractivity contribution is -0.265. The number of nitrogens with zero attached hydrogens (tertiary/aromatic N) is 4. The van der Waals surface area contributed by atoms with Crippen LogP contribution >= 0.6 is 0 Å². The van der Waals surface area contributed by atoms with E-state index in [1.54, 1.807) is 24.4 Å². The van der Waals surface area contributed by atoms with Crippen LogP contribution in [0.3, 0.4) is 0 Å². The molecule has 0 saturated carbocycles. The van der Waals surface area contributed by atoms with E-state index in [1.807, 2.05) is 36.5 Å². The molecule has 0 aliphatic carbocycles. The Morgan fingerprint density at radius 1 is 1.15 bits per heavy atom. The summed E-state index contributed by atoms with van der Waals surface area (Å²) in [6.45, 7) is 4.84. The number of rotatable bonds is 8. The van der Waals surface area contributed by atoms with Gasteiger partial charge in [-0.25, -0.2) is 9.80 Å². The number of methoxy groups -OCH3 is 1. The Hall–Kier alpha value is -2.70. The second-order valence-corrected chi connectivity index (χ2v) is 6.29. The van der Waals surface area contributed by atoms with Gasteiger partial charge in [0.25, 0.3) is 0 Å². The first kappa shape index (κ1) is 19.1. The second-order valence-electron chi connectivity index (χ2n) is 6.29. The molecule has 0 amide bonds. The van der Waals surface area contributed by atoms with Gasteiger partial charge in [-0.15, -0.1) is 0 Å². The van der Waals surface area contributed by atoms with Gasteiger partial charge in [0.1, 0.15) is 5.75 Å². The summed E-state index contributed by atoms with van der Waals surface area (Å²) in [7, 11) is 1.64. The fraction of sp³-hybridized carbons (Fsp3) is 0.350. The Bertz CT molecular complexity index is 740. The average molecular weight is 368 g/mol. The predicted molar refractivity (Wildman–Crippen MR) is 101 cm³/mol. The number of benzene rings is 1. The smallest absolute Gasteiger partial charge is 0.196 e. The molecule has 2 heterocycles. The third-order valence-corrected chi connectivity index (χ3v) is 4.49. The minimum Gasteiger partial charge on any atom is -0.497 e. The van der Waals surface area contributed by atoms with Gasteiger partial charge in [-0.2, -0.15) is 0 Å². The molecule has 1 aliphatic rings. The summed E-state index contributed by atoms with van der Waals surface area (Å²) >= 11 is 0. The van der Waals surface area contributed by atoms with Gasteiger partial charge in [0.05, 0.1) is 13.7 Å². The van der Waals surface area contributed by atoms with E-state index in [0.29, 0.717) is 6.54 Å². The number of hydrogen-bond donors (Lipinski definition) is 0. The predicted octanol–water partition coefficient (Wildman–Crippen LogP) is 1.90. The van der Waals surface area contributed by atoms with Crippen LogP contribution in [0, 0.1) is 0 Å². The summed E-state index contributed by atoms with van der Waals surface area (Å²) in [6.07, 6.45) is 4.74. The van der Waals surface area contributed by atoms with Gasteiger partial charge >= 0.3 is 0 Å². The first-order valence-electron chi connectivity index (χ1n) is 8.91. The van der Waals surface area contributed by atoms with Crippen LogP contribution in [0.15, 0.2) is 55.1 Å². The zero-order chi connectivity index (χ0) is 18.9. The first-order chi connectivity index (χ1) is 13.3. The Morgan fingerprint density at radius 3 is 2.56 bits per heavy atom. The van der Waals surface area contributed by atoms with Crippen LogP contribution in [0.1, 0.15) is 11.1 Å². The number of piperazine rings is 1. The summed E-state index contributed by atoms with van der Waals surface area (Å²) < 4.78 is 5.19. The van der Waals surface area contributed by atoms with E-state index in [1.165, 1.54) is 5.56 Å². The van der Waals surface area contributed by atoms with Crippen LogP contribution in [0.4, 0.5) is 0 Å². The van der Waals surface area contributed by atoms with E-state index in [4.69, 9.17) is 9.57 Å². The monoisotopic (exact) mass is 368 g/mol. The number of hydrazine groups is 1. The highest BCUT2D eigenvalue weighted by molar-refractivity contribution is 5.42. The number of carbonyl (C=O) groups excluding carboxylic acids is 1. The molecule has 0 bridgehead atoms. The molecule has 7 nitrogen and oxygen atoms in total. The lowest BCUT2D eigenvalue weighted by Crippen LogP contribution is -2.52. The minimum absolute atomic E-state index is 0.533. The van der Waals surface area contributed by atoms with Gasteiger partial charge in [0, 0.05) is 45.1 Å². The molecule has 1 aromatic heterocycles. The summed E-state index contributed by atoms with van der Waals surface area (Å²) in [4.78, 5) is 22.7. The van der Waals surface area contributed by atoms with Crippen LogP contribution in [-0.4, -0.2) is 59.3 Å². The summed E-state index contributed by atoms with van der Waals surface area (Å²) in [5, 5.41) is 3.83. The number of pyridine rings is 1. The Morgan fingerprint density at radius 2 is 1.93 bits per heavy atom. The van der Waals surface area contributed by atoms with Crippen LogP contribution in [-0.2, 0) is 22.7 Å². The molecule has 1 aliphatic heterocycles. The van der Waals surface area contributed by atoms with Crippen molar-refractivity contribution >= 4 is 5.94 Å². The van der Waals surface area contributed by atoms with Crippen molar-refractivity contribution < 1.29 is 14.4 Å². The van der Waals surface area contributed by atoms with Crippen LogP contribution in [0.2, 0.25) is 0 Å². The molecule has 3 rings (SSSR count). The number of hydroxylamine groups is 1. The zero-order valence-electron chi connectivity index (χ0n) is 15.5. The molecule has 142 valence electrons. The van der Waals surface area contributed by atoms with Crippen LogP contribution in [0.25, 0.3) is 0 Å². The van der Waals surface area contributed by atoms with E-state index in [-0.39, 0.29) is 0 Å². The van der Waals surface area contributed by atoms with Crippen molar-refractivity contribution in [2.24, 2.45) is 0 Å². The average Bonchev–Trinajstić information content (AvgIpc) is 2.73. The number of hydrogen-bond acceptors (Lipinski definition) is 7. The van der Waals surface area contributed by atoms with E-state index >= 15 is 0 Å². The molecule has 0 unspecified atom stereocenters. The van der Waals surface area contributed by atoms with Crippen molar-refractivity contribution in [3.63, 3.8) is 0 Å². The first-order valence-corrected chi connectivity index (χ1v) is 8.91. The van der Waals surface area contributed by atoms with Gasteiger partial charge in [-0.05, 0) is 29.3 Å². The van der Waals surface area contributed by atoms with Crippen molar-refractivity contribution in [1.29, 1.82) is 0 Å². The van der Waals surface area contributed by atoms with Gasteiger partial charge in [0.15, 0.2) is 12.2 Å². The third kappa shape index (κ3) is 5.64. The highest BCUT2D eigenvalue weighted by atomic mass is 16.7. The maximum atomic E-state index is 10.6. The molecule has 0 radical (unpaired) electrons. The van der Waals surface area contributed by atoms with Crippen molar-refractivity contribution in [1.82, 2.24) is 20.1 Å². The second kappa shape index (κ2) is 9.85. The molecule has 0 spiro atoms. The summed E-state index contributed by atoms with van der Waals surface area (Å²) in [5.74, 6) is 2.49. The molecule has 0 N–H and O–H groups in total. The molecular weight excluding hydrogens is 344 g/mol. The van der Waals surface area contributed by atoms with Gasteiger partial charge in [-0.1, -0.05) is 23.4 Å². The van der Waals surface area contributed by atoms with E-state index < -0.39 is 0 Å². The fourth-order valence-electron chi connectivity index (χ4n) is 3.04. The molecule has 27 heavy (non-hydrogen) atoms. The zero-order valence-corrected chi connectivity index (χ0v) is 15.5. The molecule has 7 heteroatoms. The van der Waals surface area contributed by atoms with Crippen LogP contribution in [0.5, 0.6) is 5.75 Å². The maximum Gasteiger partial charge on any atom is 0.196 e. The Kier molecular flexibility index (Phi) is 6.96. The lowest BCUT2D eigenvalue weighted by atomic mass is 10.2. The quantitative estimate of drug-likeness (QED) is 0.401. The summed E-state index contributed by atoms with van der Waals surface area (Å²) in [6, 6.07) is 11.8. The van der Waals surface area contributed by atoms with E-state index in [2.05, 4.69) is 21.0 Å². The van der Waals surface area contributed by atoms with Crippen LogP contribution < -0.4 is 4.74 Å². The molecular formula is C20H24N4O3. The van der Waals surface area contributed by atoms with Crippen molar-refractivity contribution in [3.05, 3.63) is 66.2 Å². The standard InChI is InChI=1S/C20H24N4O3/c1-26-20-6-4-18(5-7-20)17-24(27-14-13-25)23-11-9-22(10-12-23)16-19-3-2-8-21-15-19/h2-8,14-15H,9-12,16-17H2,1H3. The van der Waals surface area contributed by atoms with Crippen molar-refractivity contribution in [2.75, 3.05) is 33.3 Å². The maximum absolute atomic E-state index is 10.6. The minimum atomic E-state index is 0.533. The molecule has 2 aromatic rings. The van der Waals surface area contributed by atoms with Crippen molar-refractivity contribution in [2.45, 2.75) is 13.1 Å². The van der Waals surface area contributed by atoms with Gasteiger partial charge in [0.2, 0.25) is 0 Å². The lowest BCUT2D eigenvalue weighted by Gasteiger charge is -2.39. The van der Waals surface area contributed by atoms with E-state index in [0.717, 1.165) is 50.3 Å². The number of ether oxygens (including phenoxy) is 1.